The minimum atomic E-state index is -1.65. The lowest BCUT2D eigenvalue weighted by molar-refractivity contribution is -0.122. The van der Waals surface area contributed by atoms with E-state index in [1.165, 1.54) is 0 Å². The number of imidazole rings is 1. The SMILES string of the molecule is Cn1ccnc1C[C@@H]1C[C@@H](O[Si](C)(C)C(C)(C)C)CN1.O=CO. The zero-order valence-electron chi connectivity index (χ0n) is 15.2. The van der Waals surface area contributed by atoms with Crippen molar-refractivity contribution in [2.45, 2.75) is 63.9 Å². The van der Waals surface area contributed by atoms with Gasteiger partial charge in [0.15, 0.2) is 8.32 Å². The Morgan fingerprint density at radius 2 is 2.13 bits per heavy atom. The van der Waals surface area contributed by atoms with Crippen LogP contribution in [0.25, 0.3) is 0 Å². The Labute approximate surface area is 140 Å². The Hall–Kier alpha value is -1.18. The summed E-state index contributed by atoms with van der Waals surface area (Å²) in [5, 5.41) is 10.8. The second kappa shape index (κ2) is 8.08. The van der Waals surface area contributed by atoms with Gasteiger partial charge < -0.3 is 19.4 Å². The molecule has 2 rings (SSSR count). The second-order valence-corrected chi connectivity index (χ2v) is 12.4. The molecule has 23 heavy (non-hydrogen) atoms. The lowest BCUT2D eigenvalue weighted by atomic mass is 10.1. The van der Waals surface area contributed by atoms with Crippen molar-refractivity contribution in [1.82, 2.24) is 14.9 Å². The van der Waals surface area contributed by atoms with Crippen LogP contribution in [0.3, 0.4) is 0 Å². The van der Waals surface area contributed by atoms with E-state index >= 15 is 0 Å². The Balaban J connectivity index is 0.000000816. The number of hydrogen-bond donors (Lipinski definition) is 2. The van der Waals surface area contributed by atoms with Crippen LogP contribution >= 0.6 is 0 Å². The highest BCUT2D eigenvalue weighted by molar-refractivity contribution is 6.74. The minimum absolute atomic E-state index is 0.250. The van der Waals surface area contributed by atoms with Crippen molar-refractivity contribution in [3.63, 3.8) is 0 Å². The molecule has 0 unspecified atom stereocenters. The highest BCUT2D eigenvalue weighted by Crippen LogP contribution is 2.38. The van der Waals surface area contributed by atoms with Gasteiger partial charge in [0.25, 0.3) is 6.47 Å². The molecule has 0 radical (unpaired) electrons. The first-order valence-electron chi connectivity index (χ1n) is 8.06. The summed E-state index contributed by atoms with van der Waals surface area (Å²) in [7, 11) is 0.406. The van der Waals surface area contributed by atoms with E-state index in [0.717, 1.165) is 25.2 Å². The third-order valence-electron chi connectivity index (χ3n) is 4.80. The van der Waals surface area contributed by atoms with Crippen LogP contribution in [0, 0.1) is 0 Å². The average Bonchev–Trinajstić information content (AvgIpc) is 2.99. The standard InChI is InChI=1S/C15H29N3OSi.CH2O2/c1-15(2,3)20(5,6)19-13-9-12(17-11-13)10-14-16-7-8-18(14)4;2-1-3/h7-8,12-13,17H,9-11H2,1-6H3;1H,(H,2,3)/t12-,13+;/m0./s1. The number of carboxylic acid groups (broad SMARTS) is 1. The molecule has 0 saturated carbocycles. The van der Waals surface area contributed by atoms with E-state index in [4.69, 9.17) is 14.3 Å². The van der Waals surface area contributed by atoms with Crippen LogP contribution in [0.5, 0.6) is 0 Å². The van der Waals surface area contributed by atoms with Crippen molar-refractivity contribution < 1.29 is 14.3 Å². The molecule has 2 atom stereocenters. The quantitative estimate of drug-likeness (QED) is 0.650. The maximum atomic E-state index is 8.36. The molecule has 2 heterocycles. The first kappa shape index (κ1) is 19.9. The van der Waals surface area contributed by atoms with Gasteiger partial charge in [0.2, 0.25) is 0 Å². The Kier molecular flexibility index (Phi) is 6.97. The minimum Gasteiger partial charge on any atom is -0.483 e. The van der Waals surface area contributed by atoms with Crippen molar-refractivity contribution in [2.24, 2.45) is 7.05 Å². The fraction of sp³-hybridized carbons (Fsp3) is 0.750. The number of aromatic nitrogens is 2. The van der Waals surface area contributed by atoms with Gasteiger partial charge in [-0.2, -0.15) is 0 Å². The predicted octanol–water partition coefficient (Wildman–Crippen LogP) is 2.42. The molecule has 7 heteroatoms. The van der Waals surface area contributed by atoms with Gasteiger partial charge in [-0.15, -0.1) is 0 Å². The zero-order valence-corrected chi connectivity index (χ0v) is 16.2. The van der Waals surface area contributed by atoms with E-state index in [9.17, 15) is 0 Å². The van der Waals surface area contributed by atoms with Crippen LogP contribution in [-0.4, -0.2) is 48.1 Å². The first-order valence-corrected chi connectivity index (χ1v) is 11.0. The Morgan fingerprint density at radius 1 is 1.52 bits per heavy atom. The predicted molar refractivity (Wildman–Crippen MR) is 94.1 cm³/mol. The largest absolute Gasteiger partial charge is 0.483 e. The Bertz CT molecular complexity index is 497. The van der Waals surface area contributed by atoms with Crippen LogP contribution in [0.15, 0.2) is 12.4 Å². The van der Waals surface area contributed by atoms with Gasteiger partial charge in [0.05, 0.1) is 6.10 Å². The lowest BCUT2D eigenvalue weighted by Crippen LogP contribution is -2.44. The van der Waals surface area contributed by atoms with Gasteiger partial charge in [0, 0.05) is 38.4 Å². The molecule has 6 nitrogen and oxygen atoms in total. The molecule has 0 spiro atoms. The van der Waals surface area contributed by atoms with Crippen LogP contribution in [0.2, 0.25) is 18.1 Å². The number of carbonyl (C=O) groups is 1. The number of nitrogens with zero attached hydrogens (tertiary/aromatic N) is 2. The van der Waals surface area contributed by atoms with Gasteiger partial charge in [-0.3, -0.25) is 4.79 Å². The van der Waals surface area contributed by atoms with E-state index in [-0.39, 0.29) is 11.5 Å². The highest BCUT2D eigenvalue weighted by Gasteiger charge is 2.40. The molecule has 1 aromatic heterocycles. The smallest absolute Gasteiger partial charge is 0.290 e. The summed E-state index contributed by atoms with van der Waals surface area (Å²) in [6.45, 7) is 12.3. The molecule has 1 fully saturated rings. The van der Waals surface area contributed by atoms with Gasteiger partial charge in [-0.25, -0.2) is 4.98 Å². The average molecular weight is 342 g/mol. The summed E-state index contributed by atoms with van der Waals surface area (Å²) in [5.41, 5.74) is 0. The molecule has 0 amide bonds. The van der Waals surface area contributed by atoms with Gasteiger partial charge >= 0.3 is 0 Å². The van der Waals surface area contributed by atoms with Crippen molar-refractivity contribution in [1.29, 1.82) is 0 Å². The second-order valence-electron chi connectivity index (χ2n) is 7.60. The summed E-state index contributed by atoms with van der Waals surface area (Å²) in [6, 6.07) is 0.492. The van der Waals surface area contributed by atoms with E-state index in [0.29, 0.717) is 12.1 Å². The summed E-state index contributed by atoms with van der Waals surface area (Å²) in [6.07, 6.45) is 6.32. The summed E-state index contributed by atoms with van der Waals surface area (Å²) < 4.78 is 8.59. The molecule has 1 aliphatic rings. The summed E-state index contributed by atoms with van der Waals surface area (Å²) in [5.74, 6) is 1.15. The van der Waals surface area contributed by atoms with Crippen molar-refractivity contribution in [3.8, 4) is 0 Å². The van der Waals surface area contributed by atoms with Crippen molar-refractivity contribution in [3.05, 3.63) is 18.2 Å². The monoisotopic (exact) mass is 341 g/mol. The van der Waals surface area contributed by atoms with E-state index in [1.54, 1.807) is 0 Å². The fourth-order valence-corrected chi connectivity index (χ4v) is 3.80. The molecule has 2 N–H and O–H groups in total. The molecule has 1 saturated heterocycles. The van der Waals surface area contributed by atoms with Crippen molar-refractivity contribution in [2.75, 3.05) is 6.54 Å². The molecule has 1 aromatic rings. The van der Waals surface area contributed by atoms with Crippen LogP contribution in [-0.2, 0) is 22.7 Å². The topological polar surface area (TPSA) is 76.4 Å². The van der Waals surface area contributed by atoms with Gasteiger partial charge in [-0.05, 0) is 24.6 Å². The first-order chi connectivity index (χ1) is 10.6. The molecular weight excluding hydrogens is 310 g/mol. The normalized spacial score (nSPS) is 21.7. The maximum absolute atomic E-state index is 8.36. The molecule has 0 aliphatic carbocycles. The molecule has 1 aliphatic heterocycles. The molecule has 132 valence electrons. The van der Waals surface area contributed by atoms with Gasteiger partial charge in [0.1, 0.15) is 5.82 Å². The number of rotatable bonds is 4. The van der Waals surface area contributed by atoms with Crippen LogP contribution < -0.4 is 5.32 Å². The lowest BCUT2D eigenvalue weighted by Gasteiger charge is -2.38. The number of hydrogen-bond acceptors (Lipinski definition) is 4. The van der Waals surface area contributed by atoms with Crippen LogP contribution in [0.1, 0.15) is 33.0 Å². The van der Waals surface area contributed by atoms with Crippen LogP contribution in [0.4, 0.5) is 0 Å². The van der Waals surface area contributed by atoms with Gasteiger partial charge in [-0.1, -0.05) is 20.8 Å². The highest BCUT2D eigenvalue weighted by atomic mass is 28.4. The fourth-order valence-electron chi connectivity index (χ4n) is 2.43. The Morgan fingerprint density at radius 3 is 2.61 bits per heavy atom. The van der Waals surface area contributed by atoms with E-state index < -0.39 is 8.32 Å². The summed E-state index contributed by atoms with van der Waals surface area (Å²) in [4.78, 5) is 12.8. The number of nitrogens with one attached hydrogen (secondary N) is 1. The number of aryl methyl sites for hydroxylation is 1. The molecular formula is C16H31N3O3Si. The third kappa shape index (κ3) is 5.75. The summed E-state index contributed by atoms with van der Waals surface area (Å²) >= 11 is 0. The van der Waals surface area contributed by atoms with Crippen molar-refractivity contribution >= 4 is 14.8 Å². The van der Waals surface area contributed by atoms with E-state index in [2.05, 4.69) is 55.8 Å². The molecule has 0 bridgehead atoms. The zero-order chi connectivity index (χ0) is 17.7. The third-order valence-corrected chi connectivity index (χ3v) is 9.33. The molecule has 0 aromatic carbocycles. The van der Waals surface area contributed by atoms with E-state index in [1.807, 2.05) is 12.4 Å². The maximum Gasteiger partial charge on any atom is 0.290 e.